The Bertz CT molecular complexity index is 133. The molecule has 6 heteroatoms. The first-order valence-electron chi connectivity index (χ1n) is 3.31. The molecule has 0 aromatic heterocycles. The Labute approximate surface area is 63.6 Å². The molecular weight excluding hydrogens is 126 g/mol. The van der Waals surface area contributed by atoms with Gasteiger partial charge in [0.25, 0.3) is 0 Å². The van der Waals surface area contributed by atoms with E-state index in [0.29, 0.717) is 6.42 Å². The van der Waals surface area contributed by atoms with Gasteiger partial charge in [-0.2, -0.15) is 0 Å². The van der Waals surface area contributed by atoms with Crippen molar-refractivity contribution in [2.75, 3.05) is 0 Å². The highest BCUT2D eigenvalue weighted by atomic mass is 16.4. The van der Waals surface area contributed by atoms with E-state index in [0.717, 1.165) is 0 Å². The van der Waals surface area contributed by atoms with Gasteiger partial charge in [0.1, 0.15) is 6.04 Å². The normalized spacial score (nSPS) is 14.5. The summed E-state index contributed by atoms with van der Waals surface area (Å²) in [5.41, 5.74) is 5.30. The number of rotatable bonds is 3. The maximum atomic E-state index is 10.3. The summed E-state index contributed by atoms with van der Waals surface area (Å²) in [5.74, 6) is -0.921. The number of aliphatic carboxylic acids is 1. The maximum Gasteiger partial charge on any atom is 0.320 e. The SMILES string of the molecule is BC(B)(B)C[C@H](N)C(=O)O. The number of carbonyl (C=O) groups is 1. The summed E-state index contributed by atoms with van der Waals surface area (Å²) in [6.07, 6.45) is 0.516. The van der Waals surface area contributed by atoms with Crippen molar-refractivity contribution in [3.05, 3.63) is 0 Å². The third kappa shape index (κ3) is 4.50. The van der Waals surface area contributed by atoms with E-state index < -0.39 is 12.0 Å². The van der Waals surface area contributed by atoms with Crippen LogP contribution in [-0.4, -0.2) is 40.7 Å². The van der Waals surface area contributed by atoms with Crippen LogP contribution < -0.4 is 5.73 Å². The van der Waals surface area contributed by atoms with Gasteiger partial charge in [0.05, 0.1) is 23.5 Å². The third-order valence-electron chi connectivity index (χ3n) is 1.15. The first kappa shape index (κ1) is 9.62. The second-order valence-electron chi connectivity index (χ2n) is 3.71. The van der Waals surface area contributed by atoms with Crippen molar-refractivity contribution in [3.8, 4) is 0 Å². The van der Waals surface area contributed by atoms with Gasteiger partial charge < -0.3 is 10.8 Å². The third-order valence-corrected chi connectivity index (χ3v) is 1.15. The highest BCUT2D eigenvalue weighted by molar-refractivity contribution is 6.58. The van der Waals surface area contributed by atoms with E-state index in [4.69, 9.17) is 10.8 Å². The number of hydrogen-bond donors (Lipinski definition) is 2. The molecule has 0 unspecified atom stereocenters. The smallest absolute Gasteiger partial charge is 0.320 e. The van der Waals surface area contributed by atoms with Crippen LogP contribution in [0.15, 0.2) is 0 Å². The average Bonchev–Trinajstić information content (AvgIpc) is 1.60. The lowest BCUT2D eigenvalue weighted by atomic mass is 9.41. The molecule has 3 N–H and O–H groups in total. The molecule has 0 heterocycles. The van der Waals surface area contributed by atoms with Gasteiger partial charge in [-0.1, -0.05) is 0 Å². The van der Waals surface area contributed by atoms with Gasteiger partial charge in [-0.25, -0.2) is 0 Å². The zero-order valence-corrected chi connectivity index (χ0v) is 6.72. The highest BCUT2D eigenvalue weighted by Crippen LogP contribution is 2.15. The van der Waals surface area contributed by atoms with Crippen molar-refractivity contribution in [2.24, 2.45) is 5.73 Å². The summed E-state index contributed by atoms with van der Waals surface area (Å²) in [6.45, 7) is 0. The largest absolute Gasteiger partial charge is 0.480 e. The van der Waals surface area contributed by atoms with Crippen molar-refractivity contribution in [1.29, 1.82) is 0 Å². The molecule has 0 spiro atoms. The predicted octanol–water partition coefficient (Wildman–Crippen LogP) is -3.24. The standard InChI is InChI=1S/C4H12B3NO2/c5-4(6,7)1-2(8)3(9)10/h2H,1,5-8H2,(H,9,10)/t2-/m0/s1. The fourth-order valence-electron chi connectivity index (χ4n) is 0.747. The maximum absolute atomic E-state index is 10.3. The lowest BCUT2D eigenvalue weighted by molar-refractivity contribution is -0.138. The summed E-state index contributed by atoms with van der Waals surface area (Å²) in [6, 6.07) is -0.722. The topological polar surface area (TPSA) is 63.3 Å². The molecule has 0 fully saturated rings. The van der Waals surface area contributed by atoms with E-state index in [9.17, 15) is 4.79 Å². The monoisotopic (exact) mass is 139 g/mol. The van der Waals surface area contributed by atoms with Gasteiger partial charge in [-0.15, -0.1) is 5.11 Å². The fraction of sp³-hybridized carbons (Fsp3) is 0.750. The van der Waals surface area contributed by atoms with E-state index in [1.807, 2.05) is 23.5 Å². The Morgan fingerprint density at radius 3 is 2.10 bits per heavy atom. The van der Waals surface area contributed by atoms with Crippen molar-refractivity contribution < 1.29 is 9.90 Å². The van der Waals surface area contributed by atoms with Crippen LogP contribution in [0.25, 0.3) is 0 Å². The van der Waals surface area contributed by atoms with Gasteiger partial charge in [0.15, 0.2) is 0 Å². The Hall–Kier alpha value is -0.375. The number of nitrogens with two attached hydrogens (primary N) is 1. The summed E-state index contributed by atoms with van der Waals surface area (Å²) in [4.78, 5) is 10.3. The molecule has 54 valence electrons. The summed E-state index contributed by atoms with van der Waals surface area (Å²) >= 11 is 0. The minimum absolute atomic E-state index is 0.00218. The summed E-state index contributed by atoms with van der Waals surface area (Å²) in [5, 5.41) is 8.42. The summed E-state index contributed by atoms with van der Waals surface area (Å²) < 4.78 is 0. The van der Waals surface area contributed by atoms with Crippen LogP contribution in [0.4, 0.5) is 0 Å². The Balaban J connectivity index is 3.80. The van der Waals surface area contributed by atoms with Crippen LogP contribution in [-0.2, 0) is 4.79 Å². The van der Waals surface area contributed by atoms with Crippen LogP contribution in [0.1, 0.15) is 6.42 Å². The number of carboxylic acids is 1. The molecular formula is C4H12B3NO2. The molecule has 0 rings (SSSR count). The molecule has 1 atom stereocenters. The molecule has 0 aromatic rings. The Kier molecular flexibility index (Phi) is 3.03. The van der Waals surface area contributed by atoms with Crippen molar-refractivity contribution in [3.63, 3.8) is 0 Å². The van der Waals surface area contributed by atoms with E-state index in [-0.39, 0.29) is 5.11 Å². The zero-order chi connectivity index (χ0) is 8.36. The highest BCUT2D eigenvalue weighted by Gasteiger charge is 2.20. The van der Waals surface area contributed by atoms with Gasteiger partial charge in [0, 0.05) is 0 Å². The molecule has 0 radical (unpaired) electrons. The van der Waals surface area contributed by atoms with Gasteiger partial charge in [-0.05, 0) is 6.42 Å². The lowest BCUT2D eigenvalue weighted by Gasteiger charge is -2.19. The molecule has 0 saturated heterocycles. The number of hydrogen-bond acceptors (Lipinski definition) is 2. The van der Waals surface area contributed by atoms with E-state index in [1.54, 1.807) is 0 Å². The van der Waals surface area contributed by atoms with Gasteiger partial charge in [-0.3, -0.25) is 4.79 Å². The predicted molar refractivity (Wildman–Crippen MR) is 48.6 cm³/mol. The van der Waals surface area contributed by atoms with E-state index in [2.05, 4.69) is 0 Å². The van der Waals surface area contributed by atoms with E-state index in [1.165, 1.54) is 0 Å². The van der Waals surface area contributed by atoms with Crippen molar-refractivity contribution in [2.45, 2.75) is 17.6 Å². The van der Waals surface area contributed by atoms with Crippen LogP contribution >= 0.6 is 0 Å². The fourth-order valence-corrected chi connectivity index (χ4v) is 0.747. The molecule has 0 aliphatic rings. The molecule has 3 nitrogen and oxygen atoms in total. The van der Waals surface area contributed by atoms with Crippen molar-refractivity contribution >= 4 is 29.5 Å². The van der Waals surface area contributed by atoms with Crippen LogP contribution in [0.3, 0.4) is 0 Å². The summed E-state index contributed by atoms with van der Waals surface area (Å²) in [7, 11) is 5.90. The second-order valence-corrected chi connectivity index (χ2v) is 3.71. The average molecular weight is 139 g/mol. The van der Waals surface area contributed by atoms with E-state index >= 15 is 0 Å². The Morgan fingerprint density at radius 2 is 2.00 bits per heavy atom. The molecule has 10 heavy (non-hydrogen) atoms. The number of carboxylic acid groups (broad SMARTS) is 1. The Morgan fingerprint density at radius 1 is 1.60 bits per heavy atom. The quantitative estimate of drug-likeness (QED) is 0.403. The second kappa shape index (κ2) is 3.15. The van der Waals surface area contributed by atoms with Gasteiger partial charge in [0.2, 0.25) is 0 Å². The molecule has 0 aromatic carbocycles. The first-order chi connectivity index (χ1) is 4.33. The minimum Gasteiger partial charge on any atom is -0.480 e. The zero-order valence-electron chi connectivity index (χ0n) is 6.72. The molecule has 0 amide bonds. The molecule has 0 aliphatic heterocycles. The van der Waals surface area contributed by atoms with Crippen LogP contribution in [0.5, 0.6) is 0 Å². The minimum atomic E-state index is -0.921. The van der Waals surface area contributed by atoms with Crippen LogP contribution in [0, 0.1) is 0 Å². The lowest BCUT2D eigenvalue weighted by Crippen LogP contribution is -2.35. The molecule has 0 aliphatic carbocycles. The van der Waals surface area contributed by atoms with Gasteiger partial charge >= 0.3 is 5.97 Å². The van der Waals surface area contributed by atoms with Crippen LogP contribution in [0.2, 0.25) is 5.11 Å². The molecule has 0 saturated carbocycles. The molecule has 0 bridgehead atoms. The van der Waals surface area contributed by atoms with Crippen molar-refractivity contribution in [1.82, 2.24) is 0 Å². The first-order valence-corrected chi connectivity index (χ1v) is 3.31.